The van der Waals surface area contributed by atoms with Crippen LogP contribution in [0.4, 0.5) is 0 Å². The molecule has 0 spiro atoms. The second-order valence-electron chi connectivity index (χ2n) is 7.39. The average Bonchev–Trinajstić information content (AvgIpc) is 3.41. The van der Waals surface area contributed by atoms with Crippen molar-refractivity contribution >= 4 is 28.9 Å². The number of amides is 1. The highest BCUT2D eigenvalue weighted by Gasteiger charge is 2.31. The van der Waals surface area contributed by atoms with Gasteiger partial charge in [0.2, 0.25) is 6.41 Å². The number of nitrogens with one attached hydrogen (secondary N) is 1. The van der Waals surface area contributed by atoms with Gasteiger partial charge in [-0.05, 0) is 53.9 Å². The van der Waals surface area contributed by atoms with Crippen molar-refractivity contribution in [2.24, 2.45) is 0 Å². The summed E-state index contributed by atoms with van der Waals surface area (Å²) in [4.78, 5) is 17.2. The summed E-state index contributed by atoms with van der Waals surface area (Å²) in [7, 11) is 0. The van der Waals surface area contributed by atoms with Crippen molar-refractivity contribution in [3.05, 3.63) is 82.8 Å². The second-order valence-corrected chi connectivity index (χ2v) is 7.83. The first-order chi connectivity index (χ1) is 14.7. The number of aromatic amines is 1. The number of ether oxygens (including phenoxy) is 1. The van der Waals surface area contributed by atoms with Gasteiger partial charge in [0.15, 0.2) is 0 Å². The zero-order valence-corrected chi connectivity index (χ0v) is 17.0. The first-order valence-corrected chi connectivity index (χ1v) is 10.3. The van der Waals surface area contributed by atoms with E-state index in [9.17, 15) is 4.79 Å². The molecule has 0 aliphatic carbocycles. The highest BCUT2D eigenvalue weighted by molar-refractivity contribution is 6.31. The van der Waals surface area contributed by atoms with E-state index in [1.165, 1.54) is 5.56 Å². The standard InChI is InChI=1S/C23H21ClN4O2/c24-17-4-7-21-20(14-17)19-8-11-27(15-29)23(22(19)26-21)16-2-5-18(6-3-16)30-13-12-28-10-1-9-25-28/h1-7,9-10,14-15,23,26H,8,11-13H2. The third-order valence-electron chi connectivity index (χ3n) is 5.61. The molecule has 0 fully saturated rings. The quantitative estimate of drug-likeness (QED) is 0.475. The molecule has 7 heteroatoms. The zero-order chi connectivity index (χ0) is 20.5. The van der Waals surface area contributed by atoms with Gasteiger partial charge in [-0.25, -0.2) is 0 Å². The molecule has 1 aliphatic heterocycles. The summed E-state index contributed by atoms with van der Waals surface area (Å²) in [5.74, 6) is 0.794. The Morgan fingerprint density at radius 1 is 1.23 bits per heavy atom. The van der Waals surface area contributed by atoms with Crippen LogP contribution in [0.2, 0.25) is 5.02 Å². The minimum Gasteiger partial charge on any atom is -0.492 e. The number of hydrogen-bond donors (Lipinski definition) is 1. The molecule has 0 bridgehead atoms. The Morgan fingerprint density at radius 3 is 2.87 bits per heavy atom. The number of halogens is 1. The molecule has 1 amide bonds. The van der Waals surface area contributed by atoms with Gasteiger partial charge in [0, 0.05) is 40.6 Å². The van der Waals surface area contributed by atoms with Crippen LogP contribution < -0.4 is 4.74 Å². The van der Waals surface area contributed by atoms with Gasteiger partial charge in [-0.15, -0.1) is 0 Å². The third-order valence-corrected chi connectivity index (χ3v) is 5.84. The molecule has 1 unspecified atom stereocenters. The number of hydrogen-bond acceptors (Lipinski definition) is 3. The van der Waals surface area contributed by atoms with Crippen molar-refractivity contribution in [1.29, 1.82) is 0 Å². The maximum Gasteiger partial charge on any atom is 0.210 e. The summed E-state index contributed by atoms with van der Waals surface area (Å²) in [5, 5.41) is 6.02. The highest BCUT2D eigenvalue weighted by Crippen LogP contribution is 2.38. The molecule has 1 N–H and O–H groups in total. The summed E-state index contributed by atoms with van der Waals surface area (Å²) < 4.78 is 7.67. The Hall–Kier alpha value is -3.25. The molecule has 30 heavy (non-hydrogen) atoms. The van der Waals surface area contributed by atoms with Crippen LogP contribution in [0, 0.1) is 0 Å². The van der Waals surface area contributed by atoms with E-state index in [2.05, 4.69) is 10.1 Å². The summed E-state index contributed by atoms with van der Waals surface area (Å²) in [6, 6.07) is 15.6. The van der Waals surface area contributed by atoms with Gasteiger partial charge in [0.25, 0.3) is 0 Å². The van der Waals surface area contributed by atoms with Crippen molar-refractivity contribution < 1.29 is 9.53 Å². The SMILES string of the molecule is O=CN1CCc2c([nH]c3ccc(Cl)cc23)C1c1ccc(OCCn2cccn2)cc1. The summed E-state index contributed by atoms with van der Waals surface area (Å²) in [6.45, 7) is 1.90. The molecule has 1 aliphatic rings. The maximum atomic E-state index is 11.8. The monoisotopic (exact) mass is 420 g/mol. The topological polar surface area (TPSA) is 63.1 Å². The number of rotatable bonds is 6. The van der Waals surface area contributed by atoms with Crippen LogP contribution >= 0.6 is 11.6 Å². The van der Waals surface area contributed by atoms with Crippen LogP contribution in [0.15, 0.2) is 60.9 Å². The fraction of sp³-hybridized carbons (Fsp3) is 0.217. The average molecular weight is 421 g/mol. The van der Waals surface area contributed by atoms with Crippen molar-refractivity contribution in [2.45, 2.75) is 19.0 Å². The van der Waals surface area contributed by atoms with Crippen molar-refractivity contribution in [3.8, 4) is 5.75 Å². The number of H-pyrrole nitrogens is 1. The van der Waals surface area contributed by atoms with Crippen LogP contribution in [0.5, 0.6) is 5.75 Å². The maximum absolute atomic E-state index is 11.8. The number of carbonyl (C=O) groups excluding carboxylic acids is 1. The van der Waals surface area contributed by atoms with Gasteiger partial charge in [-0.1, -0.05) is 23.7 Å². The van der Waals surface area contributed by atoms with Crippen LogP contribution in [0.25, 0.3) is 10.9 Å². The van der Waals surface area contributed by atoms with E-state index in [1.54, 1.807) is 6.20 Å². The Kier molecular flexibility index (Phi) is 4.93. The molecule has 2 aromatic heterocycles. The lowest BCUT2D eigenvalue weighted by atomic mass is 9.93. The first-order valence-electron chi connectivity index (χ1n) is 9.94. The van der Waals surface area contributed by atoms with Crippen molar-refractivity contribution in [2.75, 3.05) is 13.2 Å². The number of benzene rings is 2. The molecule has 4 aromatic rings. The zero-order valence-electron chi connectivity index (χ0n) is 16.3. The highest BCUT2D eigenvalue weighted by atomic mass is 35.5. The molecule has 152 valence electrons. The van der Waals surface area contributed by atoms with Crippen LogP contribution in [-0.2, 0) is 17.8 Å². The van der Waals surface area contributed by atoms with E-state index in [-0.39, 0.29) is 6.04 Å². The van der Waals surface area contributed by atoms with Gasteiger partial charge in [-0.3, -0.25) is 9.48 Å². The fourth-order valence-electron chi connectivity index (χ4n) is 4.19. The normalized spacial score (nSPS) is 15.9. The van der Waals surface area contributed by atoms with Crippen LogP contribution in [-0.4, -0.2) is 39.2 Å². The Morgan fingerprint density at radius 2 is 2.10 bits per heavy atom. The van der Waals surface area contributed by atoms with Crippen LogP contribution in [0.1, 0.15) is 22.9 Å². The van der Waals surface area contributed by atoms with E-state index < -0.39 is 0 Å². The second kappa shape index (κ2) is 7.88. The molecule has 5 rings (SSSR count). The van der Waals surface area contributed by atoms with E-state index in [0.29, 0.717) is 19.7 Å². The third kappa shape index (κ3) is 3.44. The van der Waals surface area contributed by atoms with Gasteiger partial charge < -0.3 is 14.6 Å². The van der Waals surface area contributed by atoms with Gasteiger partial charge in [-0.2, -0.15) is 5.10 Å². The van der Waals surface area contributed by atoms with Gasteiger partial charge in [0.1, 0.15) is 12.4 Å². The molecule has 3 heterocycles. The Bertz CT molecular complexity index is 1170. The minimum atomic E-state index is -0.157. The van der Waals surface area contributed by atoms with E-state index >= 15 is 0 Å². The van der Waals surface area contributed by atoms with E-state index in [4.69, 9.17) is 16.3 Å². The predicted octanol–water partition coefficient (Wildman–Crippen LogP) is 4.20. The van der Waals surface area contributed by atoms with Crippen molar-refractivity contribution in [3.63, 3.8) is 0 Å². The molecule has 6 nitrogen and oxygen atoms in total. The Labute approximate surface area is 179 Å². The van der Waals surface area contributed by atoms with Gasteiger partial charge in [0.05, 0.1) is 12.6 Å². The predicted molar refractivity (Wildman–Crippen MR) is 116 cm³/mol. The summed E-state index contributed by atoms with van der Waals surface area (Å²) in [6.07, 6.45) is 5.40. The summed E-state index contributed by atoms with van der Waals surface area (Å²) in [5.41, 5.74) is 4.37. The number of aromatic nitrogens is 3. The molecular formula is C23H21ClN4O2. The molecular weight excluding hydrogens is 400 g/mol. The van der Waals surface area contributed by atoms with Crippen molar-refractivity contribution in [1.82, 2.24) is 19.7 Å². The first kappa shape index (κ1) is 18.8. The lowest BCUT2D eigenvalue weighted by molar-refractivity contribution is -0.120. The number of carbonyl (C=O) groups is 1. The smallest absolute Gasteiger partial charge is 0.210 e. The van der Waals surface area contributed by atoms with Crippen LogP contribution in [0.3, 0.4) is 0 Å². The number of fused-ring (bicyclic) bond motifs is 3. The number of nitrogens with zero attached hydrogens (tertiary/aromatic N) is 3. The molecule has 2 aromatic carbocycles. The van der Waals surface area contributed by atoms with E-state index in [1.807, 2.05) is 64.3 Å². The molecule has 0 saturated carbocycles. The minimum absolute atomic E-state index is 0.157. The Balaban J connectivity index is 1.41. The van der Waals surface area contributed by atoms with Gasteiger partial charge >= 0.3 is 0 Å². The lowest BCUT2D eigenvalue weighted by Gasteiger charge is -2.33. The molecule has 0 saturated heterocycles. The van der Waals surface area contributed by atoms with E-state index in [0.717, 1.165) is 45.8 Å². The fourth-order valence-corrected chi connectivity index (χ4v) is 4.36. The molecule has 1 atom stereocenters. The largest absolute Gasteiger partial charge is 0.492 e. The lowest BCUT2D eigenvalue weighted by Crippen LogP contribution is -2.34. The molecule has 0 radical (unpaired) electrons. The summed E-state index contributed by atoms with van der Waals surface area (Å²) >= 11 is 6.22.